The van der Waals surface area contributed by atoms with Gasteiger partial charge in [-0.15, -0.1) is 0 Å². The number of ether oxygens (including phenoxy) is 1. The quantitative estimate of drug-likeness (QED) is 0.529. The summed E-state index contributed by atoms with van der Waals surface area (Å²) in [6.07, 6.45) is 1.58. The number of rotatable bonds is 8. The lowest BCUT2D eigenvalue weighted by molar-refractivity contribution is -0.124. The van der Waals surface area contributed by atoms with E-state index < -0.39 is 11.9 Å². The smallest absolute Gasteiger partial charge is 0.340 e. The van der Waals surface area contributed by atoms with E-state index in [4.69, 9.17) is 20.8 Å². The molecule has 0 aliphatic rings. The molecule has 0 radical (unpaired) electrons. The van der Waals surface area contributed by atoms with Crippen molar-refractivity contribution in [1.29, 1.82) is 0 Å². The summed E-state index contributed by atoms with van der Waals surface area (Å²) in [7, 11) is 0. The number of halogens is 1. The zero-order valence-electron chi connectivity index (χ0n) is 15.9. The molecule has 3 rings (SSSR count). The molecular formula is C22H21ClN2O4. The second-order valence-corrected chi connectivity index (χ2v) is 6.77. The highest BCUT2D eigenvalue weighted by Gasteiger charge is 2.16. The Hall–Kier alpha value is -3.25. The van der Waals surface area contributed by atoms with Gasteiger partial charge in [0.1, 0.15) is 5.76 Å². The van der Waals surface area contributed by atoms with Gasteiger partial charge in [0.25, 0.3) is 5.91 Å². The first-order valence-corrected chi connectivity index (χ1v) is 9.48. The molecule has 0 aliphatic heterocycles. The highest BCUT2D eigenvalue weighted by atomic mass is 35.5. The van der Waals surface area contributed by atoms with E-state index in [2.05, 4.69) is 10.6 Å². The topological polar surface area (TPSA) is 80.6 Å². The maximum absolute atomic E-state index is 12.5. The lowest BCUT2D eigenvalue weighted by Crippen LogP contribution is -2.31. The normalized spacial score (nSPS) is 11.5. The van der Waals surface area contributed by atoms with Gasteiger partial charge in [-0.25, -0.2) is 4.79 Å². The third kappa shape index (κ3) is 5.62. The predicted molar refractivity (Wildman–Crippen MR) is 111 cm³/mol. The number of carbonyl (C=O) groups excluding carboxylic acids is 2. The zero-order chi connectivity index (χ0) is 20.6. The van der Waals surface area contributed by atoms with Crippen molar-refractivity contribution in [3.63, 3.8) is 0 Å². The molecule has 0 fully saturated rings. The molecule has 1 heterocycles. The van der Waals surface area contributed by atoms with E-state index in [9.17, 15) is 9.59 Å². The Morgan fingerprint density at radius 2 is 1.83 bits per heavy atom. The molecule has 0 unspecified atom stereocenters. The molecule has 150 valence electrons. The van der Waals surface area contributed by atoms with E-state index in [1.54, 1.807) is 42.7 Å². The minimum Gasteiger partial charge on any atom is -0.467 e. The predicted octanol–water partition coefficient (Wildman–Crippen LogP) is 4.58. The van der Waals surface area contributed by atoms with Crippen LogP contribution in [-0.4, -0.2) is 18.5 Å². The lowest BCUT2D eigenvalue weighted by Gasteiger charge is -2.16. The number of amides is 1. The molecule has 6 nitrogen and oxygen atoms in total. The van der Waals surface area contributed by atoms with Crippen LogP contribution in [0.3, 0.4) is 0 Å². The number of nitrogens with one attached hydrogen (secondary N) is 2. The summed E-state index contributed by atoms with van der Waals surface area (Å²) in [5, 5.41) is 6.47. The van der Waals surface area contributed by atoms with Gasteiger partial charge in [0.2, 0.25) is 0 Å². The van der Waals surface area contributed by atoms with Crippen LogP contribution >= 0.6 is 11.6 Å². The van der Waals surface area contributed by atoms with Crippen molar-refractivity contribution < 1.29 is 18.7 Å². The van der Waals surface area contributed by atoms with E-state index in [0.29, 0.717) is 22.8 Å². The first kappa shape index (κ1) is 20.5. The first-order chi connectivity index (χ1) is 14.0. The molecule has 1 atom stereocenters. The highest BCUT2D eigenvalue weighted by molar-refractivity contribution is 6.31. The maximum Gasteiger partial charge on any atom is 0.340 e. The monoisotopic (exact) mass is 412 g/mol. The molecular weight excluding hydrogens is 392 g/mol. The van der Waals surface area contributed by atoms with Gasteiger partial charge in [-0.05, 0) is 42.8 Å². The Bertz CT molecular complexity index is 972. The molecule has 0 spiro atoms. The Morgan fingerprint density at radius 3 is 2.59 bits per heavy atom. The summed E-state index contributed by atoms with van der Waals surface area (Å²) >= 11 is 6.14. The molecule has 0 bridgehead atoms. The Balaban J connectivity index is 1.55. The van der Waals surface area contributed by atoms with Crippen molar-refractivity contribution in [2.24, 2.45) is 0 Å². The lowest BCUT2D eigenvalue weighted by atomic mass is 10.1. The van der Waals surface area contributed by atoms with Crippen LogP contribution in [0.4, 0.5) is 5.69 Å². The molecule has 2 N–H and O–H groups in total. The third-order valence-electron chi connectivity index (χ3n) is 4.26. The minimum absolute atomic E-state index is 0.308. The summed E-state index contributed by atoms with van der Waals surface area (Å²) in [6.45, 7) is 1.85. The van der Waals surface area contributed by atoms with Crippen molar-refractivity contribution in [3.8, 4) is 0 Å². The average molecular weight is 413 g/mol. The summed E-state index contributed by atoms with van der Waals surface area (Å²) in [5.74, 6) is -0.263. The fourth-order valence-electron chi connectivity index (χ4n) is 2.81. The number of furan rings is 1. The van der Waals surface area contributed by atoms with Gasteiger partial charge in [0.05, 0.1) is 24.4 Å². The average Bonchev–Trinajstić information content (AvgIpc) is 3.24. The number of carbonyl (C=O) groups is 2. The fraction of sp³-hybridized carbons (Fsp3) is 0.182. The molecule has 7 heteroatoms. The number of hydrogen-bond donors (Lipinski definition) is 2. The van der Waals surface area contributed by atoms with Gasteiger partial charge in [-0.2, -0.15) is 0 Å². The number of esters is 1. The van der Waals surface area contributed by atoms with E-state index in [-0.39, 0.29) is 12.6 Å². The SMILES string of the molecule is C[C@H](NC(=O)COC(=O)c1ccccc1NCc1ccco1)c1ccccc1Cl. The largest absolute Gasteiger partial charge is 0.467 e. The van der Waals surface area contributed by atoms with E-state index in [1.165, 1.54) is 0 Å². The van der Waals surface area contributed by atoms with Crippen LogP contribution in [0.15, 0.2) is 71.3 Å². The van der Waals surface area contributed by atoms with E-state index in [1.807, 2.05) is 31.2 Å². The Kier molecular flexibility index (Phi) is 6.92. The van der Waals surface area contributed by atoms with Crippen molar-refractivity contribution in [3.05, 3.63) is 88.8 Å². The third-order valence-corrected chi connectivity index (χ3v) is 4.61. The maximum atomic E-state index is 12.5. The van der Waals surface area contributed by atoms with Crippen LogP contribution < -0.4 is 10.6 Å². The van der Waals surface area contributed by atoms with Crippen LogP contribution in [-0.2, 0) is 16.1 Å². The molecule has 1 aromatic heterocycles. The molecule has 1 amide bonds. The van der Waals surface area contributed by atoms with Gasteiger partial charge < -0.3 is 19.8 Å². The van der Waals surface area contributed by atoms with Gasteiger partial charge in [-0.3, -0.25) is 4.79 Å². The van der Waals surface area contributed by atoms with Crippen molar-refractivity contribution in [2.45, 2.75) is 19.5 Å². The molecule has 2 aromatic carbocycles. The van der Waals surface area contributed by atoms with Gasteiger partial charge in [0, 0.05) is 10.7 Å². The fourth-order valence-corrected chi connectivity index (χ4v) is 3.11. The molecule has 0 saturated heterocycles. The van der Waals surface area contributed by atoms with Crippen molar-refractivity contribution >= 4 is 29.2 Å². The molecule has 3 aromatic rings. The number of benzene rings is 2. The summed E-state index contributed by atoms with van der Waals surface area (Å²) in [5.41, 5.74) is 1.73. The second-order valence-electron chi connectivity index (χ2n) is 6.37. The van der Waals surface area contributed by atoms with Gasteiger partial charge in [-0.1, -0.05) is 41.9 Å². The van der Waals surface area contributed by atoms with Crippen molar-refractivity contribution in [1.82, 2.24) is 5.32 Å². The first-order valence-electron chi connectivity index (χ1n) is 9.11. The molecule has 0 aliphatic carbocycles. The number of anilines is 1. The number of hydrogen-bond acceptors (Lipinski definition) is 5. The van der Waals surface area contributed by atoms with Crippen LogP contribution in [0.1, 0.15) is 34.6 Å². The summed E-state index contributed by atoms with van der Waals surface area (Å²) in [6, 6.07) is 17.5. The Morgan fingerprint density at radius 1 is 1.07 bits per heavy atom. The van der Waals surface area contributed by atoms with Gasteiger partial charge >= 0.3 is 5.97 Å². The van der Waals surface area contributed by atoms with Crippen LogP contribution in [0.2, 0.25) is 5.02 Å². The number of para-hydroxylation sites is 1. The van der Waals surface area contributed by atoms with Gasteiger partial charge in [0.15, 0.2) is 6.61 Å². The minimum atomic E-state index is -0.590. The zero-order valence-corrected chi connectivity index (χ0v) is 16.6. The summed E-state index contributed by atoms with van der Waals surface area (Å²) in [4.78, 5) is 24.6. The standard InChI is InChI=1S/C22H21ClN2O4/c1-15(17-8-2-4-10-19(17)23)25-21(26)14-29-22(27)18-9-3-5-11-20(18)24-13-16-7-6-12-28-16/h2-12,15,24H,13-14H2,1H3,(H,25,26)/t15-/m0/s1. The second kappa shape index (κ2) is 9.80. The van der Waals surface area contributed by atoms with Crippen LogP contribution in [0, 0.1) is 0 Å². The summed E-state index contributed by atoms with van der Waals surface area (Å²) < 4.78 is 10.5. The highest BCUT2D eigenvalue weighted by Crippen LogP contribution is 2.22. The molecule has 29 heavy (non-hydrogen) atoms. The van der Waals surface area contributed by atoms with E-state index >= 15 is 0 Å². The molecule has 0 saturated carbocycles. The van der Waals surface area contributed by atoms with Crippen LogP contribution in [0.5, 0.6) is 0 Å². The van der Waals surface area contributed by atoms with Crippen molar-refractivity contribution in [2.75, 3.05) is 11.9 Å². The van der Waals surface area contributed by atoms with E-state index in [0.717, 1.165) is 11.3 Å². The van der Waals surface area contributed by atoms with Crippen LogP contribution in [0.25, 0.3) is 0 Å². The Labute approximate surface area is 173 Å².